The number of hydrogen-bond acceptors (Lipinski definition) is 5. The summed E-state index contributed by atoms with van der Waals surface area (Å²) >= 11 is 19.2. The lowest BCUT2D eigenvalue weighted by atomic mass is 10.0. The Morgan fingerprint density at radius 1 is 0.830 bits per heavy atom. The molecule has 4 aromatic carbocycles. The monoisotopic (exact) mass is 715 g/mol. The topological polar surface area (TPSA) is 96.0 Å². The van der Waals surface area contributed by atoms with Crippen molar-refractivity contribution in [3.63, 3.8) is 0 Å². The van der Waals surface area contributed by atoms with E-state index in [4.69, 9.17) is 39.5 Å². The summed E-state index contributed by atoms with van der Waals surface area (Å²) in [7, 11) is -4.35. The number of benzene rings is 4. The van der Waals surface area contributed by atoms with Crippen LogP contribution >= 0.6 is 34.8 Å². The van der Waals surface area contributed by atoms with Gasteiger partial charge in [0.25, 0.3) is 10.0 Å². The Morgan fingerprint density at radius 2 is 1.47 bits per heavy atom. The van der Waals surface area contributed by atoms with Gasteiger partial charge in [-0.15, -0.1) is 0 Å². The summed E-state index contributed by atoms with van der Waals surface area (Å²) in [6.45, 7) is 3.53. The zero-order valence-corrected chi connectivity index (χ0v) is 29.1. The van der Waals surface area contributed by atoms with E-state index in [9.17, 15) is 18.0 Å². The van der Waals surface area contributed by atoms with E-state index >= 15 is 0 Å². The molecule has 0 fully saturated rings. The molecule has 1 atom stereocenters. The van der Waals surface area contributed by atoms with Gasteiger partial charge in [0.1, 0.15) is 18.3 Å². The van der Waals surface area contributed by atoms with Crippen LogP contribution in [0.25, 0.3) is 0 Å². The first kappa shape index (κ1) is 36.1. The van der Waals surface area contributed by atoms with E-state index in [-0.39, 0.29) is 35.9 Å². The number of nitrogens with one attached hydrogen (secondary N) is 1. The van der Waals surface area contributed by atoms with Crippen molar-refractivity contribution in [3.05, 3.63) is 123 Å². The van der Waals surface area contributed by atoms with Crippen LogP contribution in [-0.2, 0) is 32.6 Å². The van der Waals surface area contributed by atoms with Crippen LogP contribution in [-0.4, -0.2) is 50.9 Å². The molecule has 4 aromatic rings. The van der Waals surface area contributed by atoms with Crippen LogP contribution in [0.4, 0.5) is 5.69 Å². The number of carbonyl (C=O) groups is 2. The van der Waals surface area contributed by atoms with Crippen LogP contribution in [0.1, 0.15) is 31.4 Å². The number of rotatable bonds is 15. The lowest BCUT2D eigenvalue weighted by Gasteiger charge is -2.34. The number of carbonyl (C=O) groups excluding carboxylic acids is 2. The van der Waals surface area contributed by atoms with Gasteiger partial charge in [0, 0.05) is 40.1 Å². The summed E-state index contributed by atoms with van der Waals surface area (Å²) in [4.78, 5) is 29.7. The molecule has 4 rings (SSSR count). The van der Waals surface area contributed by atoms with Crippen molar-refractivity contribution in [2.75, 3.05) is 24.0 Å². The standard InChI is InChI=1S/C35H36Cl3N3O5S/c1-3-21-39-35(43)32(22-25-11-6-5-7-12-25)40(23-28-29(37)13-10-14-30(28)38)34(42)24-41(31-15-8-9-16-33(31)46-4-2)47(44,45)27-19-17-26(36)18-20-27/h5-20,32H,3-4,21-24H2,1-2H3,(H,39,43)/t32-/m0/s1. The third kappa shape index (κ3) is 9.20. The van der Waals surface area contributed by atoms with Crippen LogP contribution in [0.3, 0.4) is 0 Å². The molecule has 0 bridgehead atoms. The number of sulfonamides is 1. The maximum absolute atomic E-state index is 14.7. The molecule has 248 valence electrons. The number of ether oxygens (including phenoxy) is 1. The fourth-order valence-electron chi connectivity index (χ4n) is 4.96. The van der Waals surface area contributed by atoms with Gasteiger partial charge in [0.2, 0.25) is 11.8 Å². The van der Waals surface area contributed by atoms with Gasteiger partial charge in [-0.3, -0.25) is 13.9 Å². The van der Waals surface area contributed by atoms with E-state index in [1.54, 1.807) is 49.4 Å². The van der Waals surface area contributed by atoms with Gasteiger partial charge in [-0.05, 0) is 67.4 Å². The third-order valence-corrected chi connectivity index (χ3v) is 10.1. The Hall–Kier alpha value is -3.76. The van der Waals surface area contributed by atoms with Gasteiger partial charge in [-0.25, -0.2) is 8.42 Å². The molecular formula is C35H36Cl3N3O5S. The van der Waals surface area contributed by atoms with E-state index in [1.165, 1.54) is 29.2 Å². The highest BCUT2D eigenvalue weighted by Gasteiger charge is 2.36. The summed E-state index contributed by atoms with van der Waals surface area (Å²) in [5, 5.41) is 3.87. The Balaban J connectivity index is 1.86. The molecule has 12 heteroatoms. The molecule has 0 saturated heterocycles. The maximum Gasteiger partial charge on any atom is 0.264 e. The largest absolute Gasteiger partial charge is 0.492 e. The highest BCUT2D eigenvalue weighted by molar-refractivity contribution is 7.92. The average Bonchev–Trinajstić information content (AvgIpc) is 3.06. The van der Waals surface area contributed by atoms with E-state index in [0.717, 1.165) is 9.87 Å². The van der Waals surface area contributed by atoms with Crippen molar-refractivity contribution < 1.29 is 22.7 Å². The molecule has 0 spiro atoms. The highest BCUT2D eigenvalue weighted by Crippen LogP contribution is 2.34. The maximum atomic E-state index is 14.7. The molecule has 47 heavy (non-hydrogen) atoms. The predicted molar refractivity (Wildman–Crippen MR) is 188 cm³/mol. The van der Waals surface area contributed by atoms with Gasteiger partial charge in [0.15, 0.2) is 0 Å². The lowest BCUT2D eigenvalue weighted by Crippen LogP contribution is -2.53. The lowest BCUT2D eigenvalue weighted by molar-refractivity contribution is -0.140. The highest BCUT2D eigenvalue weighted by atomic mass is 35.5. The molecule has 1 N–H and O–H groups in total. The fourth-order valence-corrected chi connectivity index (χ4v) is 7.03. The molecule has 8 nitrogen and oxygen atoms in total. The molecule has 0 aliphatic heterocycles. The Labute approximate surface area is 291 Å². The van der Waals surface area contributed by atoms with Crippen LogP contribution < -0.4 is 14.4 Å². The van der Waals surface area contributed by atoms with Crippen LogP contribution in [0.15, 0.2) is 102 Å². The van der Waals surface area contributed by atoms with Gasteiger partial charge in [-0.2, -0.15) is 0 Å². The first-order chi connectivity index (χ1) is 22.6. The smallest absolute Gasteiger partial charge is 0.264 e. The van der Waals surface area contributed by atoms with Crippen molar-refractivity contribution in [2.45, 2.75) is 44.2 Å². The summed E-state index contributed by atoms with van der Waals surface area (Å²) in [6.07, 6.45) is 0.832. The number of nitrogens with zero attached hydrogens (tertiary/aromatic N) is 2. The summed E-state index contributed by atoms with van der Waals surface area (Å²) in [5.74, 6) is -0.783. The number of hydrogen-bond donors (Lipinski definition) is 1. The van der Waals surface area contributed by atoms with Gasteiger partial charge >= 0.3 is 0 Å². The van der Waals surface area contributed by atoms with Gasteiger partial charge in [0.05, 0.1) is 17.2 Å². The first-order valence-electron chi connectivity index (χ1n) is 15.1. The molecular weight excluding hydrogens is 681 g/mol. The minimum atomic E-state index is -4.35. The molecule has 2 amide bonds. The second kappa shape index (κ2) is 16.9. The number of amides is 2. The second-order valence-corrected chi connectivity index (χ2v) is 13.7. The van der Waals surface area contributed by atoms with E-state index < -0.39 is 34.4 Å². The zero-order chi connectivity index (χ0) is 34.0. The fraction of sp³-hybridized carbons (Fsp3) is 0.257. The quantitative estimate of drug-likeness (QED) is 0.138. The summed E-state index contributed by atoms with van der Waals surface area (Å²) in [6, 6.07) is 25.4. The first-order valence-corrected chi connectivity index (χ1v) is 17.7. The average molecular weight is 717 g/mol. The van der Waals surface area contributed by atoms with E-state index in [1.807, 2.05) is 37.3 Å². The Morgan fingerprint density at radius 3 is 2.11 bits per heavy atom. The number of halogens is 3. The molecule has 0 heterocycles. The molecule has 0 unspecified atom stereocenters. The zero-order valence-electron chi connectivity index (χ0n) is 26.0. The van der Waals surface area contributed by atoms with Crippen molar-refractivity contribution in [1.82, 2.24) is 10.2 Å². The normalized spacial score (nSPS) is 11.9. The third-order valence-electron chi connectivity index (χ3n) is 7.32. The van der Waals surface area contributed by atoms with Gasteiger partial charge < -0.3 is 15.0 Å². The van der Waals surface area contributed by atoms with Crippen molar-refractivity contribution in [3.8, 4) is 5.75 Å². The van der Waals surface area contributed by atoms with Crippen molar-refractivity contribution in [2.24, 2.45) is 0 Å². The summed E-state index contributed by atoms with van der Waals surface area (Å²) in [5.41, 5.74) is 1.38. The molecule has 0 saturated carbocycles. The molecule has 0 radical (unpaired) electrons. The Bertz CT molecular complexity index is 1750. The van der Waals surface area contributed by atoms with Gasteiger partial charge in [-0.1, -0.05) is 90.3 Å². The molecule has 0 aliphatic carbocycles. The van der Waals surface area contributed by atoms with Crippen LogP contribution in [0, 0.1) is 0 Å². The molecule has 0 aliphatic rings. The van der Waals surface area contributed by atoms with Crippen molar-refractivity contribution in [1.29, 1.82) is 0 Å². The SMILES string of the molecule is CCCNC(=O)[C@H](Cc1ccccc1)N(Cc1c(Cl)cccc1Cl)C(=O)CN(c1ccccc1OCC)S(=O)(=O)c1ccc(Cl)cc1. The predicted octanol–water partition coefficient (Wildman–Crippen LogP) is 7.41. The van der Waals surface area contributed by atoms with Crippen LogP contribution in [0.5, 0.6) is 5.75 Å². The minimum Gasteiger partial charge on any atom is -0.492 e. The number of anilines is 1. The van der Waals surface area contributed by atoms with Crippen LogP contribution in [0.2, 0.25) is 15.1 Å². The molecule has 0 aromatic heterocycles. The van der Waals surface area contributed by atoms with E-state index in [2.05, 4.69) is 5.32 Å². The minimum absolute atomic E-state index is 0.0803. The summed E-state index contributed by atoms with van der Waals surface area (Å²) < 4.78 is 35.4. The second-order valence-electron chi connectivity index (χ2n) is 10.6. The number of para-hydroxylation sites is 2. The van der Waals surface area contributed by atoms with Crippen molar-refractivity contribution >= 4 is 62.3 Å². The van der Waals surface area contributed by atoms with E-state index in [0.29, 0.717) is 33.6 Å². The Kier molecular flexibility index (Phi) is 13.0.